The molecule has 1 N–H and O–H groups in total. The zero-order valence-electron chi connectivity index (χ0n) is 21.6. The number of unbranched alkanes of at least 4 members (excludes halogenated alkanes) is 14. The minimum Gasteiger partial charge on any atom is -0.320 e. The van der Waals surface area contributed by atoms with Crippen LogP contribution in [-0.2, 0) is 9.09 Å². The van der Waals surface area contributed by atoms with E-state index in [-0.39, 0.29) is 5.78 Å². The standard InChI is InChI=1S/C26H54NO3P/c1-6-8-9-10-11-12-13-14-15-16-17-18-19-20-21-22-23-24-25-30-31(28,29)26(7-2)27(3,4)5/h20-21,26H,6-19,22-25H2,1-5H3/p+1/b21-20-. The van der Waals surface area contributed by atoms with E-state index in [1.54, 1.807) is 0 Å². The van der Waals surface area contributed by atoms with Gasteiger partial charge in [-0.25, -0.2) is 0 Å². The molecule has 0 aliphatic heterocycles. The van der Waals surface area contributed by atoms with Crippen molar-refractivity contribution in [3.8, 4) is 0 Å². The number of hydrogen-bond donors (Lipinski definition) is 1. The third-order valence-electron chi connectivity index (χ3n) is 6.07. The van der Waals surface area contributed by atoms with Gasteiger partial charge in [0.05, 0.1) is 27.7 Å². The Morgan fingerprint density at radius 1 is 0.742 bits per heavy atom. The van der Waals surface area contributed by atoms with Crippen molar-refractivity contribution >= 4 is 7.60 Å². The topological polar surface area (TPSA) is 46.5 Å². The second kappa shape index (κ2) is 19.3. The molecule has 0 heterocycles. The molecule has 0 radical (unpaired) electrons. The maximum absolute atomic E-state index is 12.5. The van der Waals surface area contributed by atoms with Gasteiger partial charge in [0, 0.05) is 6.42 Å². The Kier molecular flexibility index (Phi) is 19.2. The lowest BCUT2D eigenvalue weighted by atomic mass is 10.0. The van der Waals surface area contributed by atoms with Gasteiger partial charge in [0.25, 0.3) is 0 Å². The van der Waals surface area contributed by atoms with Crippen LogP contribution in [0.4, 0.5) is 0 Å². The lowest BCUT2D eigenvalue weighted by molar-refractivity contribution is -0.883. The average molecular weight is 461 g/mol. The van der Waals surface area contributed by atoms with Gasteiger partial charge in [-0.2, -0.15) is 0 Å². The summed E-state index contributed by atoms with van der Waals surface area (Å²) in [5.41, 5.74) is 0. The highest BCUT2D eigenvalue weighted by molar-refractivity contribution is 7.53. The van der Waals surface area contributed by atoms with Gasteiger partial charge in [-0.05, 0) is 32.1 Å². The van der Waals surface area contributed by atoms with Gasteiger partial charge in [0.1, 0.15) is 0 Å². The number of allylic oxidation sites excluding steroid dienone is 2. The van der Waals surface area contributed by atoms with Crippen molar-refractivity contribution in [2.75, 3.05) is 27.7 Å². The van der Waals surface area contributed by atoms with E-state index in [1.165, 1.54) is 83.5 Å². The first-order valence-electron chi connectivity index (χ1n) is 13.2. The SMILES string of the molecule is CCCCCCCCCCCCCC/C=C\CCCCOP(=O)(O)C(CC)[N+](C)(C)C. The predicted molar refractivity (Wildman–Crippen MR) is 137 cm³/mol. The van der Waals surface area contributed by atoms with Crippen LogP contribution in [0, 0.1) is 0 Å². The molecule has 4 nitrogen and oxygen atoms in total. The molecule has 0 fully saturated rings. The first-order chi connectivity index (χ1) is 14.8. The van der Waals surface area contributed by atoms with E-state index < -0.39 is 7.60 Å². The number of quaternary nitrogens is 1. The third kappa shape index (κ3) is 18.0. The normalized spacial score (nSPS) is 15.4. The smallest absolute Gasteiger partial charge is 0.320 e. The van der Waals surface area contributed by atoms with Crippen LogP contribution in [0.2, 0.25) is 0 Å². The van der Waals surface area contributed by atoms with Crippen molar-refractivity contribution in [1.29, 1.82) is 0 Å². The second-order valence-corrected chi connectivity index (χ2v) is 12.0. The largest absolute Gasteiger partial charge is 0.385 e. The monoisotopic (exact) mass is 460 g/mol. The van der Waals surface area contributed by atoms with Gasteiger partial charge in [-0.3, -0.25) is 4.57 Å². The number of nitrogens with zero attached hydrogens (tertiary/aromatic N) is 1. The van der Waals surface area contributed by atoms with Crippen molar-refractivity contribution in [1.82, 2.24) is 0 Å². The van der Waals surface area contributed by atoms with E-state index in [0.29, 0.717) is 17.5 Å². The molecular formula is C26H55NO3P+. The van der Waals surface area contributed by atoms with Gasteiger partial charge in [0.15, 0.2) is 5.78 Å². The summed E-state index contributed by atoms with van der Waals surface area (Å²) < 4.78 is 18.3. The van der Waals surface area contributed by atoms with Crippen LogP contribution >= 0.6 is 7.60 Å². The van der Waals surface area contributed by atoms with E-state index >= 15 is 0 Å². The Hall–Kier alpha value is -0.150. The highest BCUT2D eigenvalue weighted by atomic mass is 31.2. The Labute approximate surface area is 195 Å². The Morgan fingerprint density at radius 3 is 1.58 bits per heavy atom. The van der Waals surface area contributed by atoms with Crippen molar-refractivity contribution in [3.63, 3.8) is 0 Å². The van der Waals surface area contributed by atoms with Crippen LogP contribution in [0.3, 0.4) is 0 Å². The molecular weight excluding hydrogens is 405 g/mol. The summed E-state index contributed by atoms with van der Waals surface area (Å²) >= 11 is 0. The summed E-state index contributed by atoms with van der Waals surface area (Å²) in [5.74, 6) is -0.358. The molecule has 0 spiro atoms. The van der Waals surface area contributed by atoms with Crippen LogP contribution in [0.5, 0.6) is 0 Å². The summed E-state index contributed by atoms with van der Waals surface area (Å²) in [6.07, 6.45) is 26.0. The van der Waals surface area contributed by atoms with Crippen molar-refractivity contribution in [2.24, 2.45) is 0 Å². The van der Waals surface area contributed by atoms with Gasteiger partial charge in [-0.15, -0.1) is 0 Å². The summed E-state index contributed by atoms with van der Waals surface area (Å²) in [5, 5.41) is 0. The van der Waals surface area contributed by atoms with Crippen LogP contribution in [0.1, 0.15) is 123 Å². The highest BCUT2D eigenvalue weighted by Crippen LogP contribution is 2.51. The molecule has 31 heavy (non-hydrogen) atoms. The molecule has 0 aromatic heterocycles. The van der Waals surface area contributed by atoms with Gasteiger partial charge in [-0.1, -0.05) is 96.6 Å². The lowest BCUT2D eigenvalue weighted by Gasteiger charge is -2.35. The van der Waals surface area contributed by atoms with Crippen molar-refractivity contribution < 1.29 is 18.5 Å². The summed E-state index contributed by atoms with van der Waals surface area (Å²) in [6, 6.07) is 0. The fourth-order valence-electron chi connectivity index (χ4n) is 4.20. The molecule has 2 atom stereocenters. The Bertz CT molecular complexity index is 474. The fourth-order valence-corrected chi connectivity index (χ4v) is 6.10. The molecule has 0 aliphatic rings. The van der Waals surface area contributed by atoms with Gasteiger partial charge >= 0.3 is 7.60 Å². The molecule has 2 unspecified atom stereocenters. The molecule has 0 saturated carbocycles. The molecule has 186 valence electrons. The predicted octanol–water partition coefficient (Wildman–Crippen LogP) is 8.45. The molecule has 0 aromatic carbocycles. The number of hydrogen-bond acceptors (Lipinski definition) is 2. The quantitative estimate of drug-likeness (QED) is 0.0763. The Balaban J connectivity index is 3.50. The van der Waals surface area contributed by atoms with Crippen LogP contribution < -0.4 is 0 Å². The molecule has 0 rings (SSSR count). The van der Waals surface area contributed by atoms with Crippen LogP contribution in [0.15, 0.2) is 12.2 Å². The lowest BCUT2D eigenvalue weighted by Crippen LogP contribution is -2.44. The van der Waals surface area contributed by atoms with Crippen LogP contribution in [-0.4, -0.2) is 42.9 Å². The second-order valence-electron chi connectivity index (χ2n) is 10.0. The summed E-state index contributed by atoms with van der Waals surface area (Å²) in [4.78, 5) is 10.3. The summed E-state index contributed by atoms with van der Waals surface area (Å²) in [6.45, 7) is 4.60. The third-order valence-corrected chi connectivity index (χ3v) is 8.43. The van der Waals surface area contributed by atoms with E-state index in [1.807, 2.05) is 28.1 Å². The average Bonchev–Trinajstić information content (AvgIpc) is 2.68. The first-order valence-corrected chi connectivity index (χ1v) is 14.8. The molecule has 0 amide bonds. The van der Waals surface area contributed by atoms with Crippen LogP contribution in [0.25, 0.3) is 0 Å². The minimum atomic E-state index is -3.56. The zero-order chi connectivity index (χ0) is 23.4. The van der Waals surface area contributed by atoms with E-state index in [9.17, 15) is 9.46 Å². The molecule has 0 bridgehead atoms. The fraction of sp³-hybridized carbons (Fsp3) is 0.923. The van der Waals surface area contributed by atoms with Crippen molar-refractivity contribution in [2.45, 2.75) is 129 Å². The van der Waals surface area contributed by atoms with E-state index in [0.717, 1.165) is 19.3 Å². The molecule has 0 aromatic rings. The molecule has 0 aliphatic carbocycles. The molecule has 0 saturated heterocycles. The minimum absolute atomic E-state index is 0.358. The maximum Gasteiger partial charge on any atom is 0.385 e. The first kappa shape index (κ1) is 30.9. The highest BCUT2D eigenvalue weighted by Gasteiger charge is 2.41. The van der Waals surface area contributed by atoms with Crippen molar-refractivity contribution in [3.05, 3.63) is 12.2 Å². The van der Waals surface area contributed by atoms with Gasteiger partial charge in [0.2, 0.25) is 0 Å². The van der Waals surface area contributed by atoms with Gasteiger partial charge < -0.3 is 13.9 Å². The summed E-state index contributed by atoms with van der Waals surface area (Å²) in [7, 11) is 2.28. The Morgan fingerprint density at radius 2 is 1.16 bits per heavy atom. The maximum atomic E-state index is 12.5. The number of rotatable bonds is 22. The zero-order valence-corrected chi connectivity index (χ0v) is 22.5. The molecule has 5 heteroatoms. The van der Waals surface area contributed by atoms with E-state index in [2.05, 4.69) is 19.1 Å². The van der Waals surface area contributed by atoms with E-state index in [4.69, 9.17) is 4.52 Å².